The van der Waals surface area contributed by atoms with Crippen molar-refractivity contribution in [3.8, 4) is 0 Å². The van der Waals surface area contributed by atoms with Gasteiger partial charge in [0.15, 0.2) is 0 Å². The standard InChI is InChI=1S/C21H27N5O/c1-22-20-17-10-12-25(2)14-18(17)23-19(24-20)16-9-6-11-26(13-16)21(27)15-7-4-3-5-8-15/h3-5,7-8,16H,6,9-14H2,1-2H3,(H,22,23,24)/t16-/m0/s1. The molecule has 1 amide bonds. The second kappa shape index (κ2) is 7.64. The molecule has 1 N–H and O–H groups in total. The molecule has 2 aliphatic rings. The molecule has 27 heavy (non-hydrogen) atoms. The Labute approximate surface area is 160 Å². The summed E-state index contributed by atoms with van der Waals surface area (Å²) in [5.41, 5.74) is 3.12. The molecule has 142 valence electrons. The van der Waals surface area contributed by atoms with Gasteiger partial charge in [-0.3, -0.25) is 4.79 Å². The zero-order valence-electron chi connectivity index (χ0n) is 16.1. The van der Waals surface area contributed by atoms with Crippen LogP contribution in [0, 0.1) is 0 Å². The monoisotopic (exact) mass is 365 g/mol. The molecule has 0 aliphatic carbocycles. The van der Waals surface area contributed by atoms with Crippen LogP contribution in [0.15, 0.2) is 30.3 Å². The Bertz CT molecular complexity index is 823. The molecule has 2 aromatic rings. The number of carbonyl (C=O) groups is 1. The van der Waals surface area contributed by atoms with Gasteiger partial charge >= 0.3 is 0 Å². The number of nitrogens with zero attached hydrogens (tertiary/aromatic N) is 4. The Hall–Kier alpha value is -2.47. The van der Waals surface area contributed by atoms with E-state index in [1.165, 1.54) is 5.56 Å². The van der Waals surface area contributed by atoms with Crippen molar-refractivity contribution < 1.29 is 4.79 Å². The lowest BCUT2D eigenvalue weighted by Gasteiger charge is -2.33. The van der Waals surface area contributed by atoms with Crippen molar-refractivity contribution >= 4 is 11.7 Å². The third kappa shape index (κ3) is 3.67. The molecule has 1 fully saturated rings. The fraction of sp³-hybridized carbons (Fsp3) is 0.476. The van der Waals surface area contributed by atoms with Gasteiger partial charge in [-0.05, 0) is 38.4 Å². The zero-order chi connectivity index (χ0) is 18.8. The van der Waals surface area contributed by atoms with Gasteiger partial charge in [-0.25, -0.2) is 9.97 Å². The maximum absolute atomic E-state index is 12.8. The van der Waals surface area contributed by atoms with E-state index in [4.69, 9.17) is 9.97 Å². The average molecular weight is 365 g/mol. The minimum absolute atomic E-state index is 0.104. The Morgan fingerprint density at radius 2 is 2.00 bits per heavy atom. The molecular weight excluding hydrogens is 338 g/mol. The first-order valence-electron chi connectivity index (χ1n) is 9.76. The van der Waals surface area contributed by atoms with Crippen molar-refractivity contribution in [2.24, 2.45) is 0 Å². The van der Waals surface area contributed by atoms with Gasteiger partial charge in [0, 0.05) is 50.3 Å². The van der Waals surface area contributed by atoms with Gasteiger partial charge in [-0.1, -0.05) is 18.2 Å². The second-order valence-corrected chi connectivity index (χ2v) is 7.55. The summed E-state index contributed by atoms with van der Waals surface area (Å²) in [5.74, 6) is 2.12. The number of aromatic nitrogens is 2. The summed E-state index contributed by atoms with van der Waals surface area (Å²) >= 11 is 0. The van der Waals surface area contributed by atoms with Gasteiger partial charge in [0.25, 0.3) is 5.91 Å². The van der Waals surface area contributed by atoms with Crippen molar-refractivity contribution in [2.75, 3.05) is 39.0 Å². The van der Waals surface area contributed by atoms with E-state index in [-0.39, 0.29) is 11.8 Å². The summed E-state index contributed by atoms with van der Waals surface area (Å²) < 4.78 is 0. The highest BCUT2D eigenvalue weighted by atomic mass is 16.2. The molecule has 6 heteroatoms. The topological polar surface area (TPSA) is 61.4 Å². The van der Waals surface area contributed by atoms with Crippen LogP contribution in [0.5, 0.6) is 0 Å². The fourth-order valence-electron chi connectivity index (χ4n) is 4.11. The van der Waals surface area contributed by atoms with Crippen LogP contribution in [0.4, 0.5) is 5.82 Å². The van der Waals surface area contributed by atoms with Gasteiger partial charge in [-0.15, -0.1) is 0 Å². The first-order valence-corrected chi connectivity index (χ1v) is 9.76. The van der Waals surface area contributed by atoms with Crippen LogP contribution in [-0.2, 0) is 13.0 Å². The lowest BCUT2D eigenvalue weighted by atomic mass is 9.95. The van der Waals surface area contributed by atoms with Crippen molar-refractivity contribution in [2.45, 2.75) is 31.7 Å². The number of nitrogens with one attached hydrogen (secondary N) is 1. The Morgan fingerprint density at radius 1 is 1.19 bits per heavy atom. The van der Waals surface area contributed by atoms with Crippen molar-refractivity contribution in [3.05, 3.63) is 53.0 Å². The normalized spacial score (nSPS) is 20.2. The van der Waals surface area contributed by atoms with Crippen LogP contribution >= 0.6 is 0 Å². The second-order valence-electron chi connectivity index (χ2n) is 7.55. The molecule has 1 atom stereocenters. The number of piperidine rings is 1. The number of hydrogen-bond acceptors (Lipinski definition) is 5. The van der Waals surface area contributed by atoms with Gasteiger partial charge in [-0.2, -0.15) is 0 Å². The summed E-state index contributed by atoms with van der Waals surface area (Å²) in [5, 5.41) is 3.26. The minimum atomic E-state index is 0.104. The molecule has 0 unspecified atom stereocenters. The molecule has 0 spiro atoms. The molecule has 1 saturated heterocycles. The predicted molar refractivity (Wildman–Crippen MR) is 106 cm³/mol. The van der Waals surface area contributed by atoms with E-state index < -0.39 is 0 Å². The highest BCUT2D eigenvalue weighted by Gasteiger charge is 2.29. The molecule has 2 aliphatic heterocycles. The van der Waals surface area contributed by atoms with E-state index >= 15 is 0 Å². The largest absolute Gasteiger partial charge is 0.373 e. The lowest BCUT2D eigenvalue weighted by molar-refractivity contribution is 0.0704. The van der Waals surface area contributed by atoms with Crippen molar-refractivity contribution in [1.29, 1.82) is 0 Å². The smallest absolute Gasteiger partial charge is 0.253 e. The summed E-state index contributed by atoms with van der Waals surface area (Å²) in [4.78, 5) is 26.9. The summed E-state index contributed by atoms with van der Waals surface area (Å²) in [6, 6.07) is 9.54. The van der Waals surface area contributed by atoms with Crippen LogP contribution < -0.4 is 5.32 Å². The van der Waals surface area contributed by atoms with E-state index in [9.17, 15) is 4.79 Å². The first kappa shape index (κ1) is 17.9. The number of carbonyl (C=O) groups excluding carboxylic acids is 1. The summed E-state index contributed by atoms with van der Waals surface area (Å²) in [7, 11) is 4.06. The molecule has 6 nitrogen and oxygen atoms in total. The number of hydrogen-bond donors (Lipinski definition) is 1. The maximum atomic E-state index is 12.8. The number of benzene rings is 1. The Morgan fingerprint density at radius 3 is 2.78 bits per heavy atom. The molecule has 4 rings (SSSR count). The number of likely N-dealkylation sites (tertiary alicyclic amines) is 1. The molecule has 0 bridgehead atoms. The first-order chi connectivity index (χ1) is 13.2. The third-order valence-electron chi connectivity index (χ3n) is 5.60. The van der Waals surface area contributed by atoms with E-state index in [0.29, 0.717) is 6.54 Å². The zero-order valence-corrected chi connectivity index (χ0v) is 16.1. The Balaban J connectivity index is 1.58. The van der Waals surface area contributed by atoms with E-state index in [2.05, 4.69) is 17.3 Å². The molecule has 0 radical (unpaired) electrons. The van der Waals surface area contributed by atoms with Crippen LogP contribution in [0.2, 0.25) is 0 Å². The number of fused-ring (bicyclic) bond motifs is 1. The fourth-order valence-corrected chi connectivity index (χ4v) is 4.11. The minimum Gasteiger partial charge on any atom is -0.373 e. The molecule has 3 heterocycles. The lowest BCUT2D eigenvalue weighted by Crippen LogP contribution is -2.40. The van der Waals surface area contributed by atoms with E-state index in [1.807, 2.05) is 42.3 Å². The quantitative estimate of drug-likeness (QED) is 0.906. The number of amides is 1. The average Bonchev–Trinajstić information content (AvgIpc) is 2.72. The molecule has 1 aromatic heterocycles. The summed E-state index contributed by atoms with van der Waals surface area (Å²) in [6.07, 6.45) is 2.99. The van der Waals surface area contributed by atoms with Crippen LogP contribution in [0.3, 0.4) is 0 Å². The molecule has 1 aromatic carbocycles. The van der Waals surface area contributed by atoms with Crippen LogP contribution in [-0.4, -0.2) is 59.4 Å². The van der Waals surface area contributed by atoms with E-state index in [1.54, 1.807) is 0 Å². The van der Waals surface area contributed by atoms with Crippen LogP contribution in [0.1, 0.15) is 46.2 Å². The summed E-state index contributed by atoms with van der Waals surface area (Å²) in [6.45, 7) is 3.38. The molecule has 0 saturated carbocycles. The van der Waals surface area contributed by atoms with Crippen LogP contribution in [0.25, 0.3) is 0 Å². The Kier molecular flexibility index (Phi) is 5.07. The van der Waals surface area contributed by atoms with Crippen molar-refractivity contribution in [1.82, 2.24) is 19.8 Å². The highest BCUT2D eigenvalue weighted by molar-refractivity contribution is 5.94. The van der Waals surface area contributed by atoms with Gasteiger partial charge in [0.2, 0.25) is 0 Å². The number of anilines is 1. The maximum Gasteiger partial charge on any atom is 0.253 e. The van der Waals surface area contributed by atoms with Gasteiger partial charge < -0.3 is 15.1 Å². The predicted octanol–water partition coefficient (Wildman–Crippen LogP) is 2.53. The third-order valence-corrected chi connectivity index (χ3v) is 5.60. The number of likely N-dealkylation sites (N-methyl/N-ethyl adjacent to an activating group) is 1. The van der Waals surface area contributed by atoms with Gasteiger partial charge in [0.1, 0.15) is 11.6 Å². The highest BCUT2D eigenvalue weighted by Crippen LogP contribution is 2.30. The molecular formula is C21H27N5O. The van der Waals surface area contributed by atoms with E-state index in [0.717, 1.165) is 61.8 Å². The SMILES string of the molecule is CNc1nc([C@H]2CCCN(C(=O)c3ccccc3)C2)nc2c1CCN(C)C2. The van der Waals surface area contributed by atoms with Gasteiger partial charge in [0.05, 0.1) is 5.69 Å². The number of rotatable bonds is 3. The van der Waals surface area contributed by atoms with Crippen molar-refractivity contribution in [3.63, 3.8) is 0 Å².